The summed E-state index contributed by atoms with van der Waals surface area (Å²) in [5, 5.41) is 0. The van der Waals surface area contributed by atoms with Crippen molar-refractivity contribution in [3.05, 3.63) is 42.0 Å². The molecule has 1 aliphatic heterocycles. The van der Waals surface area contributed by atoms with Crippen LogP contribution in [0.25, 0.3) is 11.2 Å². The lowest BCUT2D eigenvalue weighted by Crippen LogP contribution is -2.23. The molecule has 148 valence electrons. The van der Waals surface area contributed by atoms with Gasteiger partial charge in [-0.2, -0.15) is 0 Å². The van der Waals surface area contributed by atoms with Crippen LogP contribution in [0.2, 0.25) is 0 Å². The molecule has 0 radical (unpaired) electrons. The molecule has 1 atom stereocenters. The molecule has 4 rings (SSSR count). The first-order chi connectivity index (χ1) is 13.3. The molecule has 7 heteroatoms. The highest BCUT2D eigenvalue weighted by Crippen LogP contribution is 2.30. The number of rotatable bonds is 4. The molecule has 0 spiro atoms. The summed E-state index contributed by atoms with van der Waals surface area (Å²) in [5.41, 5.74) is 2.57. The van der Waals surface area contributed by atoms with Gasteiger partial charge in [-0.25, -0.2) is 15.0 Å². The Bertz CT molecular complexity index is 1030. The van der Waals surface area contributed by atoms with E-state index in [1.165, 1.54) is 12.8 Å². The van der Waals surface area contributed by atoms with Crippen LogP contribution in [-0.2, 0) is 22.8 Å². The van der Waals surface area contributed by atoms with Crippen molar-refractivity contribution in [1.82, 2.24) is 19.5 Å². The topological polar surface area (TPSA) is 63.9 Å². The quantitative estimate of drug-likeness (QED) is 0.674. The Labute approximate surface area is 168 Å². The fourth-order valence-corrected chi connectivity index (χ4v) is 4.40. The summed E-state index contributed by atoms with van der Waals surface area (Å²) < 4.78 is 14.2. The zero-order valence-corrected chi connectivity index (χ0v) is 17.8. The fourth-order valence-electron chi connectivity index (χ4n) is 3.63. The third-order valence-electron chi connectivity index (χ3n) is 5.14. The molecule has 1 fully saturated rings. The van der Waals surface area contributed by atoms with E-state index in [0.717, 1.165) is 46.4 Å². The lowest BCUT2D eigenvalue weighted by molar-refractivity contribution is 0.546. The number of anilines is 1. The molecule has 0 saturated carbocycles. The van der Waals surface area contributed by atoms with Gasteiger partial charge in [-0.3, -0.25) is 4.21 Å². The predicted octanol–water partition coefficient (Wildman–Crippen LogP) is 3.51. The number of nitrogens with zero attached hydrogens (tertiary/aromatic N) is 5. The van der Waals surface area contributed by atoms with Crippen LogP contribution in [-0.4, -0.2) is 43.1 Å². The molecular formula is C21H27N5OS. The van der Waals surface area contributed by atoms with Crippen LogP contribution in [0, 0.1) is 0 Å². The summed E-state index contributed by atoms with van der Waals surface area (Å²) in [7, 11) is -1.04. The average molecular weight is 398 g/mol. The lowest BCUT2D eigenvalue weighted by Gasteiger charge is -2.22. The summed E-state index contributed by atoms with van der Waals surface area (Å²) in [5.74, 6) is 1.77. The van der Waals surface area contributed by atoms with Crippen LogP contribution >= 0.6 is 0 Å². The first-order valence-corrected chi connectivity index (χ1v) is 11.3. The van der Waals surface area contributed by atoms with Gasteiger partial charge in [0, 0.05) is 29.7 Å². The first-order valence-electron chi connectivity index (χ1n) is 9.74. The maximum Gasteiger partial charge on any atom is 0.166 e. The summed E-state index contributed by atoms with van der Waals surface area (Å²) in [6.07, 6.45) is 5.93. The second kappa shape index (κ2) is 7.28. The molecule has 1 aromatic carbocycles. The van der Waals surface area contributed by atoms with Gasteiger partial charge in [-0.15, -0.1) is 0 Å². The molecule has 2 aromatic heterocycles. The van der Waals surface area contributed by atoms with Crippen molar-refractivity contribution < 1.29 is 4.21 Å². The standard InChI is InChI=1S/C21H27N5OS/c1-21(2,3)20-23-18(25-11-7-8-12-25)17-19(24-20)26(14-22-17)13-15-9-5-6-10-16(15)28(4)27/h5-6,9-10,14H,7-8,11-13H2,1-4H3. The Morgan fingerprint density at radius 3 is 2.50 bits per heavy atom. The SMILES string of the molecule is CS(=O)c1ccccc1Cn1cnc2c(N3CCCC3)nc(C(C)(C)C)nc21. The smallest absolute Gasteiger partial charge is 0.166 e. The molecule has 1 saturated heterocycles. The summed E-state index contributed by atoms with van der Waals surface area (Å²) >= 11 is 0. The van der Waals surface area contributed by atoms with E-state index in [9.17, 15) is 4.21 Å². The van der Waals surface area contributed by atoms with Crippen molar-refractivity contribution in [2.45, 2.75) is 50.5 Å². The molecular weight excluding hydrogens is 370 g/mol. The van der Waals surface area contributed by atoms with Gasteiger partial charge in [0.25, 0.3) is 0 Å². The van der Waals surface area contributed by atoms with Gasteiger partial charge in [-0.05, 0) is 24.5 Å². The Hall–Kier alpha value is -2.28. The maximum atomic E-state index is 12.1. The number of benzene rings is 1. The Morgan fingerprint density at radius 2 is 1.82 bits per heavy atom. The van der Waals surface area contributed by atoms with Crippen LogP contribution in [0.15, 0.2) is 35.5 Å². The highest BCUT2D eigenvalue weighted by atomic mass is 32.2. The van der Waals surface area contributed by atoms with E-state index in [4.69, 9.17) is 9.97 Å². The van der Waals surface area contributed by atoms with Crippen molar-refractivity contribution in [3.8, 4) is 0 Å². The van der Waals surface area contributed by atoms with Gasteiger partial charge < -0.3 is 9.47 Å². The Balaban J connectivity index is 1.84. The minimum absolute atomic E-state index is 0.152. The Morgan fingerprint density at radius 1 is 1.11 bits per heavy atom. The van der Waals surface area contributed by atoms with Crippen molar-refractivity contribution >= 4 is 27.8 Å². The molecule has 0 bridgehead atoms. The summed E-state index contributed by atoms with van der Waals surface area (Å²) in [4.78, 5) is 17.7. The van der Waals surface area contributed by atoms with Gasteiger partial charge >= 0.3 is 0 Å². The molecule has 0 amide bonds. The van der Waals surface area contributed by atoms with Crippen LogP contribution < -0.4 is 4.90 Å². The van der Waals surface area contributed by atoms with E-state index in [0.29, 0.717) is 6.54 Å². The van der Waals surface area contributed by atoms with Gasteiger partial charge in [-0.1, -0.05) is 39.0 Å². The highest BCUT2D eigenvalue weighted by molar-refractivity contribution is 7.84. The second-order valence-corrected chi connectivity index (χ2v) is 9.77. The number of hydrogen-bond donors (Lipinski definition) is 0. The van der Waals surface area contributed by atoms with E-state index < -0.39 is 10.8 Å². The zero-order valence-electron chi connectivity index (χ0n) is 17.0. The van der Waals surface area contributed by atoms with E-state index in [1.54, 1.807) is 6.26 Å². The van der Waals surface area contributed by atoms with Crippen LogP contribution in [0.3, 0.4) is 0 Å². The monoisotopic (exact) mass is 397 g/mol. The van der Waals surface area contributed by atoms with Gasteiger partial charge in [0.15, 0.2) is 17.0 Å². The molecule has 3 aromatic rings. The van der Waals surface area contributed by atoms with E-state index in [2.05, 4.69) is 35.2 Å². The minimum Gasteiger partial charge on any atom is -0.355 e. The van der Waals surface area contributed by atoms with E-state index in [1.807, 2.05) is 30.6 Å². The first kappa shape index (κ1) is 19.1. The summed E-state index contributed by atoms with van der Waals surface area (Å²) in [6.45, 7) is 9.03. The molecule has 0 N–H and O–H groups in total. The van der Waals surface area contributed by atoms with Crippen LogP contribution in [0.1, 0.15) is 45.0 Å². The minimum atomic E-state index is -1.04. The molecule has 6 nitrogen and oxygen atoms in total. The highest BCUT2D eigenvalue weighted by Gasteiger charge is 2.25. The molecule has 3 heterocycles. The van der Waals surface area contributed by atoms with Crippen molar-refractivity contribution in [1.29, 1.82) is 0 Å². The normalized spacial score (nSPS) is 16.1. The second-order valence-electron chi connectivity index (χ2n) is 8.42. The Kier molecular flexibility index (Phi) is 4.95. The van der Waals surface area contributed by atoms with Crippen molar-refractivity contribution in [3.63, 3.8) is 0 Å². The molecule has 28 heavy (non-hydrogen) atoms. The van der Waals surface area contributed by atoms with E-state index in [-0.39, 0.29) is 5.41 Å². The van der Waals surface area contributed by atoms with Gasteiger partial charge in [0.05, 0.1) is 23.7 Å². The van der Waals surface area contributed by atoms with Crippen LogP contribution in [0.4, 0.5) is 5.82 Å². The third kappa shape index (κ3) is 3.55. The predicted molar refractivity (Wildman–Crippen MR) is 113 cm³/mol. The number of fused-ring (bicyclic) bond motifs is 1. The van der Waals surface area contributed by atoms with Gasteiger partial charge in [0.1, 0.15) is 5.82 Å². The van der Waals surface area contributed by atoms with E-state index >= 15 is 0 Å². The molecule has 0 aliphatic carbocycles. The van der Waals surface area contributed by atoms with Gasteiger partial charge in [0.2, 0.25) is 0 Å². The molecule has 1 aliphatic rings. The summed E-state index contributed by atoms with van der Waals surface area (Å²) in [6, 6.07) is 7.86. The lowest BCUT2D eigenvalue weighted by atomic mass is 9.96. The average Bonchev–Trinajstić information content (AvgIpc) is 3.31. The fraction of sp³-hybridized carbons (Fsp3) is 0.476. The largest absolute Gasteiger partial charge is 0.355 e. The molecule has 1 unspecified atom stereocenters. The number of hydrogen-bond acceptors (Lipinski definition) is 5. The third-order valence-corrected chi connectivity index (χ3v) is 6.16. The number of imidazole rings is 1. The number of aromatic nitrogens is 4. The zero-order chi connectivity index (χ0) is 19.9. The maximum absolute atomic E-state index is 12.1. The van der Waals surface area contributed by atoms with Crippen molar-refractivity contribution in [2.75, 3.05) is 24.2 Å². The van der Waals surface area contributed by atoms with Crippen molar-refractivity contribution in [2.24, 2.45) is 0 Å². The van der Waals surface area contributed by atoms with Crippen LogP contribution in [0.5, 0.6) is 0 Å².